The molecule has 104 valence electrons. The number of carbonyl (C=O) groups is 3. The normalized spacial score (nSPS) is 11.4. The molecule has 0 radical (unpaired) electrons. The van der Waals surface area contributed by atoms with E-state index >= 15 is 0 Å². The number of carbonyl (C=O) groups excluding carboxylic acids is 2. The van der Waals surface area contributed by atoms with E-state index < -0.39 is 24.2 Å². The summed E-state index contributed by atoms with van der Waals surface area (Å²) in [6, 6.07) is -0.518. The fourth-order valence-corrected chi connectivity index (χ4v) is 1.02. The van der Waals surface area contributed by atoms with Gasteiger partial charge in [0.25, 0.3) is 0 Å². The van der Waals surface area contributed by atoms with Crippen LogP contribution in [0, 0.1) is 0 Å². The van der Waals surface area contributed by atoms with Gasteiger partial charge in [-0.15, -0.1) is 0 Å². The summed E-state index contributed by atoms with van der Waals surface area (Å²) in [6.07, 6.45) is -1.73. The topological polar surface area (TPSA) is 140 Å². The minimum Gasteiger partial charge on any atom is -0.481 e. The molecule has 0 aromatic carbocycles. The van der Waals surface area contributed by atoms with Crippen molar-refractivity contribution in [3.8, 4) is 0 Å². The SMILES string of the molecule is COC(CNC(=O)NCCOC(N)=O)CC(=O)O. The number of rotatable bonds is 8. The van der Waals surface area contributed by atoms with E-state index in [1.807, 2.05) is 0 Å². The molecule has 0 saturated carbocycles. The quantitative estimate of drug-likeness (QED) is 0.408. The maximum Gasteiger partial charge on any atom is 0.404 e. The largest absolute Gasteiger partial charge is 0.481 e. The highest BCUT2D eigenvalue weighted by molar-refractivity contribution is 5.74. The van der Waals surface area contributed by atoms with E-state index in [2.05, 4.69) is 15.4 Å². The Morgan fingerprint density at radius 1 is 1.33 bits per heavy atom. The summed E-state index contributed by atoms with van der Waals surface area (Å²) in [5.41, 5.74) is 4.71. The number of methoxy groups -OCH3 is 1. The molecule has 9 heteroatoms. The lowest BCUT2D eigenvalue weighted by Gasteiger charge is -2.14. The van der Waals surface area contributed by atoms with Crippen LogP contribution < -0.4 is 16.4 Å². The molecule has 0 fully saturated rings. The van der Waals surface area contributed by atoms with Gasteiger partial charge in [-0.2, -0.15) is 0 Å². The lowest BCUT2D eigenvalue weighted by Crippen LogP contribution is -2.42. The predicted octanol–water partition coefficient (Wildman–Crippen LogP) is -1.13. The van der Waals surface area contributed by atoms with Crippen molar-refractivity contribution in [1.82, 2.24) is 10.6 Å². The van der Waals surface area contributed by atoms with Crippen LogP contribution in [0.4, 0.5) is 9.59 Å². The summed E-state index contributed by atoms with van der Waals surface area (Å²) in [5, 5.41) is 13.3. The van der Waals surface area contributed by atoms with Crippen molar-refractivity contribution in [3.05, 3.63) is 0 Å². The van der Waals surface area contributed by atoms with E-state index in [9.17, 15) is 14.4 Å². The van der Waals surface area contributed by atoms with Gasteiger partial charge in [0.2, 0.25) is 0 Å². The minimum atomic E-state index is -1.01. The van der Waals surface area contributed by atoms with Crippen molar-refractivity contribution in [2.24, 2.45) is 5.73 Å². The zero-order chi connectivity index (χ0) is 14.0. The van der Waals surface area contributed by atoms with Gasteiger partial charge in [-0.05, 0) is 0 Å². The van der Waals surface area contributed by atoms with Gasteiger partial charge < -0.3 is 30.9 Å². The summed E-state index contributed by atoms with van der Waals surface area (Å²) in [4.78, 5) is 31.8. The molecule has 1 unspecified atom stereocenters. The number of nitrogens with one attached hydrogen (secondary N) is 2. The molecular weight excluding hydrogens is 246 g/mol. The van der Waals surface area contributed by atoms with E-state index in [1.54, 1.807) is 0 Å². The Bertz CT molecular complexity index is 296. The van der Waals surface area contributed by atoms with Crippen molar-refractivity contribution < 1.29 is 29.0 Å². The first-order valence-electron chi connectivity index (χ1n) is 5.14. The average molecular weight is 263 g/mol. The lowest BCUT2D eigenvalue weighted by molar-refractivity contribution is -0.139. The smallest absolute Gasteiger partial charge is 0.404 e. The molecule has 1 atom stereocenters. The molecule has 18 heavy (non-hydrogen) atoms. The number of urea groups is 1. The standard InChI is InChI=1S/C9H17N3O6/c1-17-6(4-7(13)14)5-12-9(16)11-2-3-18-8(10)15/h6H,2-5H2,1H3,(H2,10,15)(H,13,14)(H2,11,12,16). The number of nitrogens with two attached hydrogens (primary N) is 1. The number of carboxylic acids is 1. The Morgan fingerprint density at radius 2 is 2.00 bits per heavy atom. The van der Waals surface area contributed by atoms with Gasteiger partial charge >= 0.3 is 18.1 Å². The molecule has 0 aromatic heterocycles. The number of hydrogen-bond donors (Lipinski definition) is 4. The minimum absolute atomic E-state index is 0.0361. The number of amides is 3. The van der Waals surface area contributed by atoms with Crippen LogP contribution in [0.25, 0.3) is 0 Å². The van der Waals surface area contributed by atoms with Gasteiger partial charge in [0.05, 0.1) is 19.1 Å². The van der Waals surface area contributed by atoms with Crippen molar-refractivity contribution in [3.63, 3.8) is 0 Å². The number of ether oxygens (including phenoxy) is 2. The zero-order valence-corrected chi connectivity index (χ0v) is 9.97. The van der Waals surface area contributed by atoms with Crippen molar-refractivity contribution in [2.75, 3.05) is 26.8 Å². The summed E-state index contributed by atoms with van der Waals surface area (Å²) in [5.74, 6) is -1.01. The maximum absolute atomic E-state index is 11.2. The molecule has 0 bridgehead atoms. The highest BCUT2D eigenvalue weighted by Crippen LogP contribution is 1.94. The fourth-order valence-electron chi connectivity index (χ4n) is 1.02. The molecule has 0 saturated heterocycles. The van der Waals surface area contributed by atoms with E-state index in [1.165, 1.54) is 7.11 Å². The second-order valence-corrected chi connectivity index (χ2v) is 3.26. The van der Waals surface area contributed by atoms with Gasteiger partial charge in [-0.25, -0.2) is 9.59 Å². The van der Waals surface area contributed by atoms with Crippen LogP contribution in [0.2, 0.25) is 0 Å². The molecule has 3 amide bonds. The predicted molar refractivity (Wildman–Crippen MR) is 60.0 cm³/mol. The van der Waals surface area contributed by atoms with Gasteiger partial charge in [-0.1, -0.05) is 0 Å². The Kier molecular flexibility index (Phi) is 8.03. The fraction of sp³-hybridized carbons (Fsp3) is 0.667. The average Bonchev–Trinajstić information content (AvgIpc) is 2.29. The number of hydrogen-bond acceptors (Lipinski definition) is 5. The molecule has 5 N–H and O–H groups in total. The molecule has 0 heterocycles. The maximum atomic E-state index is 11.2. The van der Waals surface area contributed by atoms with Crippen LogP contribution in [-0.4, -0.2) is 56.1 Å². The summed E-state index contributed by atoms with van der Waals surface area (Å²) >= 11 is 0. The second kappa shape index (κ2) is 9.05. The van der Waals surface area contributed by atoms with Gasteiger partial charge in [0, 0.05) is 13.7 Å². The van der Waals surface area contributed by atoms with Gasteiger partial charge in [0.1, 0.15) is 6.61 Å². The zero-order valence-electron chi connectivity index (χ0n) is 9.97. The van der Waals surface area contributed by atoms with Crippen molar-refractivity contribution in [1.29, 1.82) is 0 Å². The van der Waals surface area contributed by atoms with Crippen LogP contribution in [0.1, 0.15) is 6.42 Å². The second-order valence-electron chi connectivity index (χ2n) is 3.26. The molecular formula is C9H17N3O6. The monoisotopic (exact) mass is 263 g/mol. The third-order valence-electron chi connectivity index (χ3n) is 1.86. The van der Waals surface area contributed by atoms with Gasteiger partial charge in [-0.3, -0.25) is 4.79 Å². The molecule has 0 spiro atoms. The highest BCUT2D eigenvalue weighted by atomic mass is 16.5. The molecule has 9 nitrogen and oxygen atoms in total. The third-order valence-corrected chi connectivity index (χ3v) is 1.86. The molecule has 0 aromatic rings. The first-order chi connectivity index (χ1) is 8.45. The molecule has 0 aliphatic heterocycles. The van der Waals surface area contributed by atoms with Crippen molar-refractivity contribution >= 4 is 18.1 Å². The Balaban J connectivity index is 3.67. The summed E-state index contributed by atoms with van der Waals surface area (Å²) in [6.45, 7) is 0.127. The third kappa shape index (κ3) is 9.21. The Hall–Kier alpha value is -2.03. The number of aliphatic carboxylic acids is 1. The van der Waals surface area contributed by atoms with Gasteiger partial charge in [0.15, 0.2) is 0 Å². The van der Waals surface area contributed by atoms with E-state index in [-0.39, 0.29) is 26.1 Å². The Labute approximate surface area is 104 Å². The van der Waals surface area contributed by atoms with Crippen molar-refractivity contribution in [2.45, 2.75) is 12.5 Å². The number of carboxylic acid groups (broad SMARTS) is 1. The lowest BCUT2D eigenvalue weighted by atomic mass is 10.2. The van der Waals surface area contributed by atoms with E-state index in [0.717, 1.165) is 0 Å². The first kappa shape index (κ1) is 16.0. The van der Waals surface area contributed by atoms with Crippen LogP contribution >= 0.6 is 0 Å². The Morgan fingerprint density at radius 3 is 2.50 bits per heavy atom. The summed E-state index contributed by atoms with van der Waals surface area (Å²) < 4.78 is 9.25. The van der Waals surface area contributed by atoms with E-state index in [0.29, 0.717) is 0 Å². The van der Waals surface area contributed by atoms with E-state index in [4.69, 9.17) is 15.6 Å². The molecule has 0 rings (SSSR count). The van der Waals surface area contributed by atoms with Crippen LogP contribution in [0.3, 0.4) is 0 Å². The first-order valence-corrected chi connectivity index (χ1v) is 5.14. The summed E-state index contributed by atoms with van der Waals surface area (Å²) in [7, 11) is 1.36. The highest BCUT2D eigenvalue weighted by Gasteiger charge is 2.13. The molecule has 0 aliphatic carbocycles. The number of primary amides is 1. The molecule has 0 aliphatic rings. The van der Waals surface area contributed by atoms with Crippen LogP contribution in [0.5, 0.6) is 0 Å². The van der Waals surface area contributed by atoms with Crippen LogP contribution in [-0.2, 0) is 14.3 Å². The van der Waals surface area contributed by atoms with Crippen LogP contribution in [0.15, 0.2) is 0 Å².